The molecule has 0 saturated carbocycles. The van der Waals surface area contributed by atoms with Crippen LogP contribution < -0.4 is 5.32 Å². The minimum absolute atomic E-state index is 0.190. The van der Waals surface area contributed by atoms with E-state index in [1.807, 2.05) is 7.05 Å². The minimum atomic E-state index is -2.90. The van der Waals surface area contributed by atoms with Crippen molar-refractivity contribution < 1.29 is 8.42 Å². The fourth-order valence-corrected chi connectivity index (χ4v) is 5.10. The van der Waals surface area contributed by atoms with Gasteiger partial charge in [-0.15, -0.1) is 11.3 Å². The van der Waals surface area contributed by atoms with Gasteiger partial charge in [0.2, 0.25) is 0 Å². The van der Waals surface area contributed by atoms with E-state index in [1.165, 1.54) is 16.7 Å². The first-order valence-electron chi connectivity index (χ1n) is 6.51. The fourth-order valence-electron chi connectivity index (χ4n) is 1.91. The first-order chi connectivity index (χ1) is 9.81. The van der Waals surface area contributed by atoms with Crippen molar-refractivity contribution >= 4 is 49.0 Å². The number of fused-ring (bicyclic) bond motifs is 1. The van der Waals surface area contributed by atoms with Crippen LogP contribution in [0.2, 0.25) is 0 Å². The molecule has 0 aliphatic carbocycles. The molecule has 5 nitrogen and oxygen atoms in total. The lowest BCUT2D eigenvalue weighted by molar-refractivity contribution is 0.603. The van der Waals surface area contributed by atoms with Crippen LogP contribution in [-0.4, -0.2) is 43.2 Å². The Bertz CT molecular complexity index is 754. The lowest BCUT2D eigenvalue weighted by Gasteiger charge is -2.06. The molecule has 21 heavy (non-hydrogen) atoms. The van der Waals surface area contributed by atoms with Gasteiger partial charge in [0.15, 0.2) is 0 Å². The molecule has 0 spiro atoms. The van der Waals surface area contributed by atoms with Crippen molar-refractivity contribution in [1.29, 1.82) is 0 Å². The highest BCUT2D eigenvalue weighted by Crippen LogP contribution is 2.33. The Labute approximate surface area is 133 Å². The average molecular weight is 346 g/mol. The molecule has 0 bridgehead atoms. The van der Waals surface area contributed by atoms with Crippen molar-refractivity contribution in [2.75, 3.05) is 30.1 Å². The Hall–Kier alpha value is -0.860. The van der Waals surface area contributed by atoms with Gasteiger partial charge in [0, 0.05) is 23.9 Å². The first kappa shape index (κ1) is 16.5. The number of aromatic nitrogens is 2. The average Bonchev–Trinajstić information content (AvgIpc) is 2.68. The Morgan fingerprint density at radius 1 is 1.29 bits per heavy atom. The van der Waals surface area contributed by atoms with Crippen LogP contribution in [0.25, 0.3) is 10.2 Å². The summed E-state index contributed by atoms with van der Waals surface area (Å²) in [6.45, 7) is 4.17. The van der Waals surface area contributed by atoms with E-state index in [9.17, 15) is 8.42 Å². The zero-order valence-electron chi connectivity index (χ0n) is 12.6. The normalized spacial score (nSPS) is 12.0. The van der Waals surface area contributed by atoms with Crippen LogP contribution in [-0.2, 0) is 15.6 Å². The van der Waals surface area contributed by atoms with E-state index in [1.54, 1.807) is 23.1 Å². The van der Waals surface area contributed by atoms with E-state index in [0.29, 0.717) is 11.5 Å². The van der Waals surface area contributed by atoms with E-state index in [2.05, 4.69) is 29.1 Å². The van der Waals surface area contributed by atoms with Crippen molar-refractivity contribution in [2.45, 2.75) is 19.6 Å². The molecule has 1 N–H and O–H groups in total. The molecule has 0 fully saturated rings. The Morgan fingerprint density at radius 2 is 2.00 bits per heavy atom. The van der Waals surface area contributed by atoms with Crippen molar-refractivity contribution in [3.8, 4) is 0 Å². The maximum Gasteiger partial charge on any atom is 0.148 e. The predicted octanol–water partition coefficient (Wildman–Crippen LogP) is 2.63. The molecule has 2 heterocycles. The van der Waals surface area contributed by atoms with Gasteiger partial charge in [-0.1, -0.05) is 0 Å². The van der Waals surface area contributed by atoms with Crippen molar-refractivity contribution in [3.63, 3.8) is 0 Å². The number of thiophene rings is 1. The third kappa shape index (κ3) is 4.08. The SMILES string of the molecule is CNc1nc(CSCCS(C)(=O)=O)nc2sc(C)c(C)c12. The van der Waals surface area contributed by atoms with Gasteiger partial charge in [-0.05, 0) is 19.4 Å². The second-order valence-corrected chi connectivity index (χ2v) is 9.45. The van der Waals surface area contributed by atoms with E-state index in [0.717, 1.165) is 21.9 Å². The molecule has 0 radical (unpaired) electrons. The predicted molar refractivity (Wildman–Crippen MR) is 92.3 cm³/mol. The van der Waals surface area contributed by atoms with Gasteiger partial charge in [0.25, 0.3) is 0 Å². The lowest BCUT2D eigenvalue weighted by Crippen LogP contribution is -2.06. The molecule has 2 rings (SSSR count). The highest BCUT2D eigenvalue weighted by Gasteiger charge is 2.13. The van der Waals surface area contributed by atoms with Gasteiger partial charge in [-0.3, -0.25) is 0 Å². The molecular formula is C13H19N3O2S3. The van der Waals surface area contributed by atoms with E-state index in [4.69, 9.17) is 0 Å². The molecule has 0 aliphatic heterocycles. The number of aryl methyl sites for hydroxylation is 2. The Kier molecular flexibility index (Phi) is 5.11. The maximum atomic E-state index is 11.1. The molecule has 0 aliphatic rings. The van der Waals surface area contributed by atoms with Crippen molar-refractivity contribution in [3.05, 3.63) is 16.3 Å². The van der Waals surface area contributed by atoms with E-state index < -0.39 is 9.84 Å². The van der Waals surface area contributed by atoms with Crippen LogP contribution in [0.4, 0.5) is 5.82 Å². The largest absolute Gasteiger partial charge is 0.372 e. The topological polar surface area (TPSA) is 72.0 Å². The maximum absolute atomic E-state index is 11.1. The summed E-state index contributed by atoms with van der Waals surface area (Å²) in [6, 6.07) is 0. The molecule has 0 amide bonds. The summed E-state index contributed by atoms with van der Waals surface area (Å²) >= 11 is 3.21. The summed E-state index contributed by atoms with van der Waals surface area (Å²) in [6.07, 6.45) is 1.26. The molecule has 116 valence electrons. The van der Waals surface area contributed by atoms with Gasteiger partial charge in [-0.25, -0.2) is 18.4 Å². The summed E-state index contributed by atoms with van der Waals surface area (Å²) in [5.74, 6) is 2.97. The number of hydrogen-bond acceptors (Lipinski definition) is 7. The number of nitrogens with zero attached hydrogens (tertiary/aromatic N) is 2. The molecule has 8 heteroatoms. The lowest BCUT2D eigenvalue weighted by atomic mass is 10.2. The smallest absolute Gasteiger partial charge is 0.148 e. The molecule has 0 atom stereocenters. The Morgan fingerprint density at radius 3 is 2.62 bits per heavy atom. The minimum Gasteiger partial charge on any atom is -0.372 e. The third-order valence-electron chi connectivity index (χ3n) is 3.14. The highest BCUT2D eigenvalue weighted by molar-refractivity contribution is 7.99. The first-order valence-corrected chi connectivity index (χ1v) is 10.5. The van der Waals surface area contributed by atoms with Gasteiger partial charge in [0.1, 0.15) is 26.3 Å². The van der Waals surface area contributed by atoms with Crippen LogP contribution in [0.15, 0.2) is 0 Å². The van der Waals surface area contributed by atoms with Crippen LogP contribution in [0.3, 0.4) is 0 Å². The van der Waals surface area contributed by atoms with E-state index >= 15 is 0 Å². The summed E-state index contributed by atoms with van der Waals surface area (Å²) in [5, 5.41) is 4.22. The number of thioether (sulfide) groups is 1. The van der Waals surface area contributed by atoms with Crippen LogP contribution in [0.5, 0.6) is 0 Å². The quantitative estimate of drug-likeness (QED) is 0.812. The second-order valence-electron chi connectivity index (χ2n) is 4.88. The standard InChI is InChI=1S/C13H19N3O2S3/c1-8-9(2)20-13-11(8)12(14-3)15-10(16-13)7-19-5-6-21(4,17)18/h5-7H2,1-4H3,(H,14,15,16). The molecular weight excluding hydrogens is 326 g/mol. The monoisotopic (exact) mass is 345 g/mol. The fraction of sp³-hybridized carbons (Fsp3) is 0.538. The molecule has 2 aromatic rings. The molecule has 0 aromatic carbocycles. The molecule has 0 unspecified atom stereocenters. The van der Waals surface area contributed by atoms with Crippen molar-refractivity contribution in [2.24, 2.45) is 0 Å². The van der Waals surface area contributed by atoms with Gasteiger partial charge >= 0.3 is 0 Å². The summed E-state index contributed by atoms with van der Waals surface area (Å²) in [5.41, 5.74) is 1.22. The number of rotatable bonds is 6. The number of anilines is 1. The summed E-state index contributed by atoms with van der Waals surface area (Å²) in [4.78, 5) is 11.4. The van der Waals surface area contributed by atoms with Crippen LogP contribution in [0, 0.1) is 13.8 Å². The van der Waals surface area contributed by atoms with Crippen molar-refractivity contribution in [1.82, 2.24) is 9.97 Å². The zero-order valence-corrected chi connectivity index (χ0v) is 15.0. The molecule has 0 saturated heterocycles. The van der Waals surface area contributed by atoms with Gasteiger partial charge in [-0.2, -0.15) is 11.8 Å². The second kappa shape index (κ2) is 6.50. The van der Waals surface area contributed by atoms with Gasteiger partial charge in [0.05, 0.1) is 16.9 Å². The highest BCUT2D eigenvalue weighted by atomic mass is 32.2. The third-order valence-corrected chi connectivity index (χ3v) is 6.40. The number of nitrogens with one attached hydrogen (secondary N) is 1. The van der Waals surface area contributed by atoms with Gasteiger partial charge < -0.3 is 5.32 Å². The van der Waals surface area contributed by atoms with Crippen LogP contribution in [0.1, 0.15) is 16.3 Å². The number of hydrogen-bond donors (Lipinski definition) is 1. The van der Waals surface area contributed by atoms with Crippen LogP contribution >= 0.6 is 23.1 Å². The Balaban J connectivity index is 2.18. The van der Waals surface area contributed by atoms with E-state index in [-0.39, 0.29) is 5.75 Å². The number of sulfone groups is 1. The summed E-state index contributed by atoms with van der Waals surface area (Å²) < 4.78 is 22.2. The zero-order chi connectivity index (χ0) is 15.6. The molecule has 2 aromatic heterocycles. The summed E-state index contributed by atoms with van der Waals surface area (Å²) in [7, 11) is -1.04.